The lowest BCUT2D eigenvalue weighted by molar-refractivity contribution is 0.0733. The Balaban J connectivity index is 1.62. The predicted molar refractivity (Wildman–Crippen MR) is 121 cm³/mol. The predicted octanol–water partition coefficient (Wildman–Crippen LogP) is 5.79. The zero-order chi connectivity index (χ0) is 20.7. The van der Waals surface area contributed by atoms with E-state index >= 15 is 0 Å². The fourth-order valence-electron chi connectivity index (χ4n) is 3.65. The van der Waals surface area contributed by atoms with Crippen LogP contribution in [0, 0.1) is 6.92 Å². The van der Waals surface area contributed by atoms with E-state index in [1.165, 1.54) is 0 Å². The van der Waals surface area contributed by atoms with Crippen molar-refractivity contribution in [2.75, 3.05) is 10.7 Å². The summed E-state index contributed by atoms with van der Waals surface area (Å²) in [5.41, 5.74) is 8.10. The van der Waals surface area contributed by atoms with Gasteiger partial charge in [-0.25, -0.2) is 9.99 Å². The summed E-state index contributed by atoms with van der Waals surface area (Å²) in [6, 6.07) is 25.1. The first-order valence-corrected chi connectivity index (χ1v) is 10.1. The highest BCUT2D eigenvalue weighted by Crippen LogP contribution is 2.36. The van der Waals surface area contributed by atoms with E-state index in [-0.39, 0.29) is 5.91 Å². The topological polar surface area (TPSA) is 57.3 Å². The molecule has 30 heavy (non-hydrogen) atoms. The summed E-state index contributed by atoms with van der Waals surface area (Å²) in [7, 11) is 0. The van der Waals surface area contributed by atoms with Crippen LogP contribution in [-0.2, 0) is 0 Å². The molecule has 0 saturated heterocycles. The van der Waals surface area contributed by atoms with Gasteiger partial charge in [0.2, 0.25) is 0 Å². The van der Waals surface area contributed by atoms with Gasteiger partial charge in [-0.3, -0.25) is 10.2 Å². The molecule has 2 heterocycles. The third kappa shape index (κ3) is 3.23. The number of pyridine rings is 1. The lowest BCUT2D eigenvalue weighted by Gasteiger charge is -2.38. The Morgan fingerprint density at radius 3 is 2.57 bits per heavy atom. The van der Waals surface area contributed by atoms with Crippen molar-refractivity contribution < 1.29 is 4.79 Å². The van der Waals surface area contributed by atoms with Crippen molar-refractivity contribution in [3.8, 4) is 0 Å². The van der Waals surface area contributed by atoms with Crippen LogP contribution in [0.2, 0.25) is 5.15 Å². The molecule has 1 amide bonds. The van der Waals surface area contributed by atoms with Gasteiger partial charge < -0.3 is 5.32 Å². The molecule has 5 nitrogen and oxygen atoms in total. The fraction of sp³-hybridized carbons (Fsp3) is 0.0833. The molecule has 0 spiro atoms. The highest BCUT2D eigenvalue weighted by Gasteiger charge is 2.35. The van der Waals surface area contributed by atoms with Crippen LogP contribution in [-0.4, -0.2) is 15.9 Å². The number of anilines is 2. The average molecular weight is 415 g/mol. The van der Waals surface area contributed by atoms with Crippen molar-refractivity contribution in [1.29, 1.82) is 0 Å². The summed E-state index contributed by atoms with van der Waals surface area (Å²) in [5.74, 6) is -0.140. The van der Waals surface area contributed by atoms with Crippen LogP contribution in [0.3, 0.4) is 0 Å². The number of aryl methyl sites for hydroxylation is 1. The first kappa shape index (κ1) is 18.5. The van der Waals surface area contributed by atoms with Gasteiger partial charge in [0.05, 0.1) is 16.8 Å². The van der Waals surface area contributed by atoms with E-state index in [4.69, 9.17) is 11.6 Å². The number of halogens is 1. The average Bonchev–Trinajstić information content (AvgIpc) is 2.76. The van der Waals surface area contributed by atoms with E-state index < -0.39 is 6.17 Å². The molecule has 0 saturated carbocycles. The molecule has 4 aromatic rings. The Bertz CT molecular complexity index is 1260. The molecule has 3 aromatic carbocycles. The van der Waals surface area contributed by atoms with Gasteiger partial charge in [-0.05, 0) is 43.3 Å². The number of hydrogen-bond acceptors (Lipinski definition) is 4. The monoisotopic (exact) mass is 414 g/mol. The highest BCUT2D eigenvalue weighted by molar-refractivity contribution is 6.30. The number of hydrogen-bond donors (Lipinski definition) is 2. The van der Waals surface area contributed by atoms with Crippen LogP contribution in [0.5, 0.6) is 0 Å². The van der Waals surface area contributed by atoms with Crippen LogP contribution in [0.25, 0.3) is 10.9 Å². The van der Waals surface area contributed by atoms with Gasteiger partial charge in [-0.2, -0.15) is 0 Å². The molecule has 148 valence electrons. The van der Waals surface area contributed by atoms with Crippen LogP contribution in [0.15, 0.2) is 78.9 Å². The number of nitrogens with zero attached hydrogens (tertiary/aromatic N) is 2. The number of para-hydroxylation sites is 2. The van der Waals surface area contributed by atoms with Crippen LogP contribution < -0.4 is 10.7 Å². The van der Waals surface area contributed by atoms with E-state index in [9.17, 15) is 4.79 Å². The quantitative estimate of drug-likeness (QED) is 0.416. The SMILES string of the molecule is Cc1ccc(NN2C(=O)c3ccccc3NC2c2cc3ccccc3nc2Cl)cc1. The van der Waals surface area contributed by atoms with E-state index in [1.807, 2.05) is 85.8 Å². The molecule has 1 aromatic heterocycles. The summed E-state index contributed by atoms with van der Waals surface area (Å²) < 4.78 is 0. The Morgan fingerprint density at radius 2 is 1.73 bits per heavy atom. The van der Waals surface area contributed by atoms with Crippen molar-refractivity contribution in [2.45, 2.75) is 13.1 Å². The van der Waals surface area contributed by atoms with Crippen LogP contribution >= 0.6 is 11.6 Å². The minimum atomic E-state index is -0.529. The molecule has 0 bridgehead atoms. The smallest absolute Gasteiger partial charge is 0.276 e. The molecule has 1 aliphatic rings. The Morgan fingerprint density at radius 1 is 1.00 bits per heavy atom. The Hall–Kier alpha value is -3.57. The highest BCUT2D eigenvalue weighted by atomic mass is 35.5. The second-order valence-corrected chi connectivity index (χ2v) is 7.66. The van der Waals surface area contributed by atoms with Gasteiger partial charge >= 0.3 is 0 Å². The van der Waals surface area contributed by atoms with E-state index in [2.05, 4.69) is 15.7 Å². The zero-order valence-corrected chi connectivity index (χ0v) is 17.0. The molecule has 0 fully saturated rings. The number of carbonyl (C=O) groups is 1. The normalized spacial score (nSPS) is 15.6. The maximum Gasteiger partial charge on any atom is 0.276 e. The van der Waals surface area contributed by atoms with Crippen molar-refractivity contribution >= 4 is 39.8 Å². The number of hydrazine groups is 1. The third-order valence-corrected chi connectivity index (χ3v) is 5.53. The Labute approximate surface area is 179 Å². The first-order valence-electron chi connectivity index (χ1n) is 9.68. The number of carbonyl (C=O) groups excluding carboxylic acids is 1. The van der Waals surface area contributed by atoms with E-state index in [1.54, 1.807) is 5.01 Å². The molecule has 1 aliphatic heterocycles. The van der Waals surface area contributed by atoms with Gasteiger partial charge in [0.15, 0.2) is 6.17 Å². The summed E-state index contributed by atoms with van der Waals surface area (Å²) >= 11 is 6.58. The number of rotatable bonds is 3. The number of benzene rings is 3. The second-order valence-electron chi connectivity index (χ2n) is 7.31. The molecule has 5 rings (SSSR count). The standard InChI is InChI=1S/C24H19ClN4O/c1-15-10-12-17(13-11-15)28-29-23(27-21-9-5-3-7-18(21)24(29)30)19-14-16-6-2-4-8-20(16)26-22(19)25/h2-14,23,27-28H,1H3. The molecule has 0 radical (unpaired) electrons. The third-order valence-electron chi connectivity index (χ3n) is 5.23. The lowest BCUT2D eigenvalue weighted by Crippen LogP contribution is -2.46. The van der Waals surface area contributed by atoms with E-state index in [0.717, 1.165) is 33.4 Å². The van der Waals surface area contributed by atoms with Crippen LogP contribution in [0.1, 0.15) is 27.7 Å². The summed E-state index contributed by atoms with van der Waals surface area (Å²) in [5, 5.41) is 6.34. The van der Waals surface area contributed by atoms with Gasteiger partial charge in [-0.1, -0.05) is 59.6 Å². The Kier molecular flexibility index (Phi) is 4.52. The minimum Gasteiger partial charge on any atom is -0.359 e. The summed E-state index contributed by atoms with van der Waals surface area (Å²) in [6.07, 6.45) is -0.529. The second kappa shape index (κ2) is 7.35. The maximum atomic E-state index is 13.4. The summed E-state index contributed by atoms with van der Waals surface area (Å²) in [6.45, 7) is 2.02. The molecule has 1 atom stereocenters. The number of aromatic nitrogens is 1. The van der Waals surface area contributed by atoms with Gasteiger partial charge in [-0.15, -0.1) is 0 Å². The van der Waals surface area contributed by atoms with Gasteiger partial charge in [0.1, 0.15) is 5.15 Å². The number of nitrogens with one attached hydrogen (secondary N) is 2. The van der Waals surface area contributed by atoms with Crippen molar-refractivity contribution in [3.05, 3.63) is 101 Å². The molecule has 1 unspecified atom stereocenters. The molecule has 0 aliphatic carbocycles. The lowest BCUT2D eigenvalue weighted by atomic mass is 10.0. The number of amides is 1. The molecular weight excluding hydrogens is 396 g/mol. The molecule has 6 heteroatoms. The van der Waals surface area contributed by atoms with Gasteiger partial charge in [0, 0.05) is 16.6 Å². The van der Waals surface area contributed by atoms with Crippen LogP contribution in [0.4, 0.5) is 11.4 Å². The van der Waals surface area contributed by atoms with E-state index in [0.29, 0.717) is 10.7 Å². The minimum absolute atomic E-state index is 0.140. The maximum absolute atomic E-state index is 13.4. The number of fused-ring (bicyclic) bond motifs is 2. The fourth-order valence-corrected chi connectivity index (χ4v) is 3.90. The molecule has 2 N–H and O–H groups in total. The molecular formula is C24H19ClN4O. The zero-order valence-electron chi connectivity index (χ0n) is 16.3. The van der Waals surface area contributed by atoms with Crippen molar-refractivity contribution in [3.63, 3.8) is 0 Å². The summed E-state index contributed by atoms with van der Waals surface area (Å²) in [4.78, 5) is 18.0. The van der Waals surface area contributed by atoms with Crippen molar-refractivity contribution in [1.82, 2.24) is 9.99 Å². The largest absolute Gasteiger partial charge is 0.359 e. The first-order chi connectivity index (χ1) is 14.6. The van der Waals surface area contributed by atoms with Crippen molar-refractivity contribution in [2.24, 2.45) is 0 Å². The van der Waals surface area contributed by atoms with Gasteiger partial charge in [0.25, 0.3) is 5.91 Å².